The molecule has 0 aromatic heterocycles. The smallest absolute Gasteiger partial charge is 0.316 e. The lowest BCUT2D eigenvalue weighted by molar-refractivity contribution is -0.149. The highest BCUT2D eigenvalue weighted by Crippen LogP contribution is 2.40. The second-order valence-electron chi connectivity index (χ2n) is 4.81. The van der Waals surface area contributed by atoms with E-state index in [2.05, 4.69) is 15.9 Å². The summed E-state index contributed by atoms with van der Waals surface area (Å²) in [6.45, 7) is 0. The molecule has 1 aliphatic carbocycles. The van der Waals surface area contributed by atoms with Gasteiger partial charge in [-0.05, 0) is 43.4 Å². The summed E-state index contributed by atoms with van der Waals surface area (Å²) >= 11 is 3.39. The van der Waals surface area contributed by atoms with Crippen LogP contribution in [0.15, 0.2) is 28.7 Å². The minimum absolute atomic E-state index is 0.197. The van der Waals surface area contributed by atoms with Crippen molar-refractivity contribution >= 4 is 21.9 Å². The molecule has 3 nitrogen and oxygen atoms in total. The topological polar surface area (TPSA) is 46.5 Å². The fourth-order valence-electron chi connectivity index (χ4n) is 2.67. The van der Waals surface area contributed by atoms with Crippen LogP contribution < -0.4 is 0 Å². The Morgan fingerprint density at radius 3 is 2.39 bits per heavy atom. The standard InChI is InChI=1S/C14H17BrO3/c1-18-13(17)14(8-6-12(16)7-9-14)10-2-4-11(15)5-3-10/h2-5,12,16H,6-9H2,1H3. The molecule has 2 rings (SSSR count). The van der Waals surface area contributed by atoms with Gasteiger partial charge in [0.1, 0.15) is 0 Å². The highest BCUT2D eigenvalue weighted by Gasteiger charge is 2.43. The molecule has 1 aliphatic rings. The third kappa shape index (κ3) is 2.45. The average molecular weight is 313 g/mol. The first-order chi connectivity index (χ1) is 8.58. The van der Waals surface area contributed by atoms with Crippen molar-refractivity contribution in [3.8, 4) is 0 Å². The maximum absolute atomic E-state index is 12.2. The van der Waals surface area contributed by atoms with Gasteiger partial charge in [0.05, 0.1) is 18.6 Å². The zero-order valence-electron chi connectivity index (χ0n) is 10.4. The molecular weight excluding hydrogens is 296 g/mol. The molecule has 1 aromatic rings. The Bertz CT molecular complexity index is 419. The summed E-state index contributed by atoms with van der Waals surface area (Å²) in [4.78, 5) is 12.2. The molecule has 1 fully saturated rings. The predicted molar refractivity (Wildman–Crippen MR) is 72.3 cm³/mol. The quantitative estimate of drug-likeness (QED) is 0.854. The maximum atomic E-state index is 12.2. The maximum Gasteiger partial charge on any atom is 0.316 e. The van der Waals surface area contributed by atoms with E-state index in [1.165, 1.54) is 7.11 Å². The lowest BCUT2D eigenvalue weighted by Gasteiger charge is -2.36. The molecule has 0 heterocycles. The number of carbonyl (C=O) groups excluding carboxylic acids is 1. The lowest BCUT2D eigenvalue weighted by Crippen LogP contribution is -2.41. The van der Waals surface area contributed by atoms with E-state index in [9.17, 15) is 9.90 Å². The molecule has 1 N–H and O–H groups in total. The fraction of sp³-hybridized carbons (Fsp3) is 0.500. The van der Waals surface area contributed by atoms with Crippen LogP contribution in [0.1, 0.15) is 31.2 Å². The van der Waals surface area contributed by atoms with Crippen LogP contribution in [0.2, 0.25) is 0 Å². The van der Waals surface area contributed by atoms with Crippen LogP contribution >= 0.6 is 15.9 Å². The number of hydrogen-bond donors (Lipinski definition) is 1. The van der Waals surface area contributed by atoms with E-state index in [4.69, 9.17) is 4.74 Å². The molecule has 1 saturated carbocycles. The number of benzene rings is 1. The molecule has 98 valence electrons. The minimum Gasteiger partial charge on any atom is -0.468 e. The third-order valence-corrected chi connectivity index (χ3v) is 4.31. The molecule has 18 heavy (non-hydrogen) atoms. The monoisotopic (exact) mass is 312 g/mol. The number of aliphatic hydroxyl groups excluding tert-OH is 1. The minimum atomic E-state index is -0.589. The molecule has 0 saturated heterocycles. The van der Waals surface area contributed by atoms with Gasteiger partial charge in [0.25, 0.3) is 0 Å². The van der Waals surface area contributed by atoms with Gasteiger partial charge in [-0.15, -0.1) is 0 Å². The molecule has 0 bridgehead atoms. The van der Waals surface area contributed by atoms with Crippen molar-refractivity contribution in [2.45, 2.75) is 37.2 Å². The highest BCUT2D eigenvalue weighted by molar-refractivity contribution is 9.10. The summed E-state index contributed by atoms with van der Waals surface area (Å²) < 4.78 is 5.97. The van der Waals surface area contributed by atoms with Crippen molar-refractivity contribution in [2.75, 3.05) is 7.11 Å². The van der Waals surface area contributed by atoms with Crippen LogP contribution in [0.4, 0.5) is 0 Å². The summed E-state index contributed by atoms with van der Waals surface area (Å²) in [5.74, 6) is -0.197. The van der Waals surface area contributed by atoms with Gasteiger partial charge in [-0.1, -0.05) is 28.1 Å². The van der Waals surface area contributed by atoms with Gasteiger partial charge in [0, 0.05) is 4.47 Å². The summed E-state index contributed by atoms with van der Waals surface area (Å²) in [6, 6.07) is 7.79. The first-order valence-corrected chi connectivity index (χ1v) is 6.90. The van der Waals surface area contributed by atoms with E-state index in [1.54, 1.807) is 0 Å². The molecule has 4 heteroatoms. The summed E-state index contributed by atoms with van der Waals surface area (Å²) in [5.41, 5.74) is 0.388. The molecule has 0 unspecified atom stereocenters. The molecule has 0 amide bonds. The van der Waals surface area contributed by atoms with Crippen LogP contribution in [0, 0.1) is 0 Å². The van der Waals surface area contributed by atoms with E-state index >= 15 is 0 Å². The number of carbonyl (C=O) groups is 1. The number of ether oxygens (including phenoxy) is 1. The van der Waals surface area contributed by atoms with Crippen molar-refractivity contribution in [1.29, 1.82) is 0 Å². The molecule has 0 spiro atoms. The molecule has 1 aromatic carbocycles. The van der Waals surface area contributed by atoms with Crippen molar-refractivity contribution in [3.63, 3.8) is 0 Å². The lowest BCUT2D eigenvalue weighted by atomic mass is 9.68. The second-order valence-corrected chi connectivity index (χ2v) is 5.73. The van der Waals surface area contributed by atoms with Gasteiger partial charge >= 0.3 is 5.97 Å². The first kappa shape index (κ1) is 13.6. The van der Waals surface area contributed by atoms with E-state index in [0.29, 0.717) is 25.7 Å². The summed E-state index contributed by atoms with van der Waals surface area (Å²) in [5, 5.41) is 9.63. The Morgan fingerprint density at radius 2 is 1.89 bits per heavy atom. The Balaban J connectivity index is 2.36. The average Bonchev–Trinajstić information content (AvgIpc) is 2.40. The zero-order valence-corrected chi connectivity index (χ0v) is 11.9. The molecule has 0 radical (unpaired) electrons. The fourth-order valence-corrected chi connectivity index (χ4v) is 2.93. The number of rotatable bonds is 2. The molecule has 0 aliphatic heterocycles. The van der Waals surface area contributed by atoms with Crippen molar-refractivity contribution < 1.29 is 14.6 Å². The molecule has 0 atom stereocenters. The normalized spacial score (nSPS) is 27.8. The Morgan fingerprint density at radius 1 is 1.33 bits per heavy atom. The van der Waals surface area contributed by atoms with Crippen molar-refractivity contribution in [3.05, 3.63) is 34.3 Å². The SMILES string of the molecule is COC(=O)C1(c2ccc(Br)cc2)CCC(O)CC1. The number of halogens is 1. The summed E-state index contributed by atoms with van der Waals surface area (Å²) in [6.07, 6.45) is 2.28. The number of methoxy groups -OCH3 is 1. The van der Waals surface area contributed by atoms with Crippen molar-refractivity contribution in [1.82, 2.24) is 0 Å². The van der Waals surface area contributed by atoms with E-state index in [1.807, 2.05) is 24.3 Å². The second kappa shape index (κ2) is 5.41. The Labute approximate surface area is 115 Å². The number of esters is 1. The van der Waals surface area contributed by atoms with E-state index in [-0.39, 0.29) is 12.1 Å². The van der Waals surface area contributed by atoms with Crippen LogP contribution in [-0.4, -0.2) is 24.3 Å². The third-order valence-electron chi connectivity index (χ3n) is 3.78. The van der Waals surface area contributed by atoms with Crippen molar-refractivity contribution in [2.24, 2.45) is 0 Å². The largest absolute Gasteiger partial charge is 0.468 e. The highest BCUT2D eigenvalue weighted by atomic mass is 79.9. The Hall–Kier alpha value is -0.870. The van der Waals surface area contributed by atoms with Crippen LogP contribution in [-0.2, 0) is 14.9 Å². The van der Waals surface area contributed by atoms with E-state index in [0.717, 1.165) is 10.0 Å². The van der Waals surface area contributed by atoms with Gasteiger partial charge in [-0.2, -0.15) is 0 Å². The van der Waals surface area contributed by atoms with Gasteiger partial charge in [-0.3, -0.25) is 4.79 Å². The van der Waals surface area contributed by atoms with Crippen LogP contribution in [0.3, 0.4) is 0 Å². The van der Waals surface area contributed by atoms with E-state index < -0.39 is 5.41 Å². The Kier molecular flexibility index (Phi) is 4.07. The van der Waals surface area contributed by atoms with Crippen LogP contribution in [0.5, 0.6) is 0 Å². The van der Waals surface area contributed by atoms with Gasteiger partial charge in [0.2, 0.25) is 0 Å². The van der Waals surface area contributed by atoms with Gasteiger partial charge in [0.15, 0.2) is 0 Å². The number of aliphatic hydroxyl groups is 1. The summed E-state index contributed by atoms with van der Waals surface area (Å²) in [7, 11) is 1.42. The van der Waals surface area contributed by atoms with Crippen LogP contribution in [0.25, 0.3) is 0 Å². The van der Waals surface area contributed by atoms with Gasteiger partial charge in [-0.25, -0.2) is 0 Å². The van der Waals surface area contributed by atoms with Gasteiger partial charge < -0.3 is 9.84 Å². The predicted octanol–water partition coefficient (Wildman–Crippen LogP) is 2.79. The number of hydrogen-bond acceptors (Lipinski definition) is 3. The molecular formula is C14H17BrO3. The zero-order chi connectivity index (χ0) is 13.2. The first-order valence-electron chi connectivity index (χ1n) is 6.11.